The fourth-order valence-corrected chi connectivity index (χ4v) is 3.02. The minimum Gasteiger partial charge on any atom is -0.496 e. The van der Waals surface area contributed by atoms with E-state index in [0.29, 0.717) is 13.0 Å². The summed E-state index contributed by atoms with van der Waals surface area (Å²) in [6.45, 7) is 5.50. The number of methoxy groups -OCH3 is 1. The number of likely N-dealkylation sites (tertiary alicyclic amines) is 1. The molecule has 0 spiro atoms. The monoisotopic (exact) mass is 326 g/mol. The van der Waals surface area contributed by atoms with Gasteiger partial charge in [0, 0.05) is 24.5 Å². The Hall–Kier alpha value is -1.26. The second-order valence-electron chi connectivity index (χ2n) is 6.53. The van der Waals surface area contributed by atoms with Crippen molar-refractivity contribution in [3.8, 4) is 5.75 Å². The van der Waals surface area contributed by atoms with E-state index in [4.69, 9.17) is 10.5 Å². The Morgan fingerprint density at radius 2 is 2.09 bits per heavy atom. The summed E-state index contributed by atoms with van der Waals surface area (Å²) in [5.41, 5.74) is 6.61. The Morgan fingerprint density at radius 3 is 2.73 bits per heavy atom. The third-order valence-electron chi connectivity index (χ3n) is 4.15. The number of benzene rings is 1. The van der Waals surface area contributed by atoms with Gasteiger partial charge in [0.1, 0.15) is 5.75 Å². The van der Waals surface area contributed by atoms with Gasteiger partial charge in [0.25, 0.3) is 0 Å². The molecule has 1 aliphatic heterocycles. The van der Waals surface area contributed by atoms with Gasteiger partial charge >= 0.3 is 0 Å². The number of amides is 1. The molecule has 22 heavy (non-hydrogen) atoms. The lowest BCUT2D eigenvalue weighted by Crippen LogP contribution is -2.50. The van der Waals surface area contributed by atoms with Gasteiger partial charge in [0.05, 0.1) is 7.11 Å². The van der Waals surface area contributed by atoms with Gasteiger partial charge < -0.3 is 15.4 Å². The summed E-state index contributed by atoms with van der Waals surface area (Å²) in [6.07, 6.45) is 2.68. The highest BCUT2D eigenvalue weighted by atomic mass is 35.5. The minimum absolute atomic E-state index is 0. The van der Waals surface area contributed by atoms with Crippen molar-refractivity contribution >= 4 is 18.3 Å². The molecule has 4 nitrogen and oxygen atoms in total. The molecule has 0 radical (unpaired) electrons. The number of nitrogens with two attached hydrogens (primary N) is 1. The number of rotatable bonds is 4. The molecule has 0 saturated carbocycles. The molecule has 1 aliphatic rings. The standard InChI is InChI=1S/C17H26N2O2.ClH/c1-17(2,11-13-7-4-5-9-15(13)21-3)16(20)19-10-6-8-14(18)12-19;/h4-5,7,9,14H,6,8,10-12,18H2,1-3H3;1H. The van der Waals surface area contributed by atoms with Crippen LogP contribution in [0.15, 0.2) is 24.3 Å². The number of hydrogen-bond acceptors (Lipinski definition) is 3. The third kappa shape index (κ3) is 4.37. The molecule has 0 bridgehead atoms. The summed E-state index contributed by atoms with van der Waals surface area (Å²) < 4.78 is 5.39. The molecule has 5 heteroatoms. The molecule has 124 valence electrons. The highest BCUT2D eigenvalue weighted by molar-refractivity contribution is 5.85. The van der Waals surface area contributed by atoms with Gasteiger partial charge in [-0.25, -0.2) is 0 Å². The first kappa shape index (κ1) is 18.8. The lowest BCUT2D eigenvalue weighted by molar-refractivity contribution is -0.141. The van der Waals surface area contributed by atoms with Crippen LogP contribution < -0.4 is 10.5 Å². The summed E-state index contributed by atoms with van der Waals surface area (Å²) in [5, 5.41) is 0. The lowest BCUT2D eigenvalue weighted by atomic mass is 9.83. The van der Waals surface area contributed by atoms with E-state index in [1.807, 2.05) is 43.0 Å². The molecule has 1 aromatic rings. The van der Waals surface area contributed by atoms with Crippen LogP contribution in [0.4, 0.5) is 0 Å². The molecule has 1 atom stereocenters. The Morgan fingerprint density at radius 1 is 1.41 bits per heavy atom. The van der Waals surface area contributed by atoms with Gasteiger partial charge in [-0.3, -0.25) is 4.79 Å². The van der Waals surface area contributed by atoms with Crippen molar-refractivity contribution in [3.05, 3.63) is 29.8 Å². The maximum absolute atomic E-state index is 12.8. The van der Waals surface area contributed by atoms with E-state index in [1.54, 1.807) is 7.11 Å². The molecule has 1 fully saturated rings. The first-order valence-electron chi connectivity index (χ1n) is 7.61. The van der Waals surface area contributed by atoms with Crippen molar-refractivity contribution in [3.63, 3.8) is 0 Å². The van der Waals surface area contributed by atoms with Gasteiger partial charge in [-0.2, -0.15) is 0 Å². The number of halogens is 1. The SMILES string of the molecule is COc1ccccc1CC(C)(C)C(=O)N1CCCC(N)C1.Cl. The fraction of sp³-hybridized carbons (Fsp3) is 0.588. The fourth-order valence-electron chi connectivity index (χ4n) is 3.02. The maximum atomic E-state index is 12.8. The molecule has 1 heterocycles. The second kappa shape index (κ2) is 7.84. The molecule has 2 rings (SSSR count). The van der Waals surface area contributed by atoms with E-state index >= 15 is 0 Å². The highest BCUT2D eigenvalue weighted by Crippen LogP contribution is 2.30. The smallest absolute Gasteiger partial charge is 0.228 e. The van der Waals surface area contributed by atoms with Crippen LogP contribution in [0.5, 0.6) is 5.75 Å². The Bertz CT molecular complexity index is 505. The normalized spacial score (nSPS) is 18.5. The first-order valence-corrected chi connectivity index (χ1v) is 7.61. The summed E-state index contributed by atoms with van der Waals surface area (Å²) in [6, 6.07) is 8.00. The summed E-state index contributed by atoms with van der Waals surface area (Å²) >= 11 is 0. The van der Waals surface area contributed by atoms with Crippen LogP contribution in [0.1, 0.15) is 32.3 Å². The average molecular weight is 327 g/mol. The molecule has 1 aromatic carbocycles. The average Bonchev–Trinajstić information content (AvgIpc) is 2.46. The topological polar surface area (TPSA) is 55.6 Å². The highest BCUT2D eigenvalue weighted by Gasteiger charge is 2.34. The molecule has 1 amide bonds. The van der Waals surface area contributed by atoms with Crippen molar-refractivity contribution in [2.75, 3.05) is 20.2 Å². The van der Waals surface area contributed by atoms with E-state index in [-0.39, 0.29) is 24.4 Å². The number of para-hydroxylation sites is 1. The maximum Gasteiger partial charge on any atom is 0.228 e. The van der Waals surface area contributed by atoms with Gasteiger partial charge in [-0.1, -0.05) is 32.0 Å². The number of ether oxygens (including phenoxy) is 1. The molecule has 0 aliphatic carbocycles. The molecule has 2 N–H and O–H groups in total. The molecular weight excluding hydrogens is 300 g/mol. The third-order valence-corrected chi connectivity index (χ3v) is 4.15. The zero-order chi connectivity index (χ0) is 15.5. The van der Waals surface area contributed by atoms with Gasteiger partial charge in [-0.05, 0) is 30.9 Å². The van der Waals surface area contributed by atoms with Crippen LogP contribution >= 0.6 is 12.4 Å². The van der Waals surface area contributed by atoms with Crippen LogP contribution in [0.2, 0.25) is 0 Å². The number of hydrogen-bond donors (Lipinski definition) is 1. The van der Waals surface area contributed by atoms with Gasteiger partial charge in [-0.15, -0.1) is 12.4 Å². The van der Waals surface area contributed by atoms with E-state index in [9.17, 15) is 4.79 Å². The summed E-state index contributed by atoms with van der Waals surface area (Å²) in [5.74, 6) is 1.03. The lowest BCUT2D eigenvalue weighted by Gasteiger charge is -2.36. The molecule has 1 unspecified atom stereocenters. The van der Waals surface area contributed by atoms with Crippen LogP contribution in [-0.4, -0.2) is 37.0 Å². The zero-order valence-corrected chi connectivity index (χ0v) is 14.5. The molecule has 0 aromatic heterocycles. The van der Waals surface area contributed by atoms with Crippen molar-refractivity contribution in [1.82, 2.24) is 4.90 Å². The number of nitrogens with zero attached hydrogens (tertiary/aromatic N) is 1. The Kier molecular flexibility index (Phi) is 6.69. The van der Waals surface area contributed by atoms with E-state index in [0.717, 1.165) is 30.7 Å². The predicted octanol–water partition coefficient (Wildman–Crippen LogP) is 2.64. The van der Waals surface area contributed by atoms with E-state index in [1.165, 1.54) is 0 Å². The summed E-state index contributed by atoms with van der Waals surface area (Å²) in [4.78, 5) is 14.7. The van der Waals surface area contributed by atoms with Crippen LogP contribution in [0.3, 0.4) is 0 Å². The Balaban J connectivity index is 0.00000242. The summed E-state index contributed by atoms with van der Waals surface area (Å²) in [7, 11) is 1.66. The van der Waals surface area contributed by atoms with Gasteiger partial charge in [0.2, 0.25) is 5.91 Å². The zero-order valence-electron chi connectivity index (χ0n) is 13.7. The number of carbonyl (C=O) groups excluding carboxylic acids is 1. The van der Waals surface area contributed by atoms with E-state index < -0.39 is 5.41 Å². The van der Waals surface area contributed by atoms with Crippen molar-refractivity contribution in [1.29, 1.82) is 0 Å². The molecular formula is C17H27ClN2O2. The number of carbonyl (C=O) groups is 1. The number of piperidine rings is 1. The van der Waals surface area contributed by atoms with Crippen LogP contribution in [-0.2, 0) is 11.2 Å². The van der Waals surface area contributed by atoms with Crippen molar-refractivity contribution < 1.29 is 9.53 Å². The largest absolute Gasteiger partial charge is 0.496 e. The first-order chi connectivity index (χ1) is 9.94. The van der Waals surface area contributed by atoms with Crippen LogP contribution in [0.25, 0.3) is 0 Å². The van der Waals surface area contributed by atoms with E-state index in [2.05, 4.69) is 0 Å². The predicted molar refractivity (Wildman–Crippen MR) is 91.5 cm³/mol. The van der Waals surface area contributed by atoms with Crippen molar-refractivity contribution in [2.24, 2.45) is 11.1 Å². The Labute approximate surface area is 139 Å². The second-order valence-corrected chi connectivity index (χ2v) is 6.53. The van der Waals surface area contributed by atoms with Crippen LogP contribution in [0, 0.1) is 5.41 Å². The quantitative estimate of drug-likeness (QED) is 0.925. The molecule has 1 saturated heterocycles. The van der Waals surface area contributed by atoms with Crippen molar-refractivity contribution in [2.45, 2.75) is 39.2 Å². The minimum atomic E-state index is -0.453. The van der Waals surface area contributed by atoms with Gasteiger partial charge in [0.15, 0.2) is 0 Å².